The Morgan fingerprint density at radius 2 is 2.31 bits per heavy atom. The first-order valence-corrected chi connectivity index (χ1v) is 6.17. The second-order valence-corrected chi connectivity index (χ2v) is 5.03. The number of nitrogens with zero attached hydrogens (tertiary/aromatic N) is 1. The zero-order valence-electron chi connectivity index (χ0n) is 8.62. The molecule has 0 spiro atoms. The lowest BCUT2D eigenvalue weighted by Gasteiger charge is -2.12. The van der Waals surface area contributed by atoms with Gasteiger partial charge in [-0.25, -0.2) is 13.1 Å². The number of rotatable bonds is 5. The molecule has 1 aromatic rings. The lowest BCUT2D eigenvalue weighted by Crippen LogP contribution is -2.32. The summed E-state index contributed by atoms with van der Waals surface area (Å²) in [5.74, 6) is -2.32. The van der Waals surface area contributed by atoms with Gasteiger partial charge in [-0.05, 0) is 18.6 Å². The molecule has 7 heteroatoms. The predicted molar refractivity (Wildman–Crippen MR) is 57.2 cm³/mol. The fourth-order valence-corrected chi connectivity index (χ4v) is 2.26. The maximum atomic E-state index is 11.3. The minimum absolute atomic E-state index is 0.502. The molecule has 88 valence electrons. The molecule has 2 N–H and O–H groups in total. The molecule has 0 radical (unpaired) electrons. The molecule has 1 rings (SSSR count). The summed E-state index contributed by atoms with van der Waals surface area (Å²) in [6.07, 6.45) is 3.09. The van der Waals surface area contributed by atoms with E-state index in [1.165, 1.54) is 6.20 Å². The third-order valence-electron chi connectivity index (χ3n) is 1.85. The molecule has 0 aromatic carbocycles. The molecule has 1 aromatic heterocycles. The van der Waals surface area contributed by atoms with Crippen molar-refractivity contribution in [3.8, 4) is 0 Å². The molecule has 0 aliphatic heterocycles. The molecule has 0 saturated heterocycles. The highest BCUT2D eigenvalue weighted by atomic mass is 32.2. The van der Waals surface area contributed by atoms with Gasteiger partial charge in [0.1, 0.15) is 0 Å². The average molecular weight is 244 g/mol. The molecule has 0 saturated carbocycles. The van der Waals surface area contributed by atoms with Crippen molar-refractivity contribution in [1.29, 1.82) is 0 Å². The van der Waals surface area contributed by atoms with Crippen molar-refractivity contribution in [1.82, 2.24) is 9.71 Å². The third-order valence-corrected chi connectivity index (χ3v) is 3.19. The van der Waals surface area contributed by atoms with Gasteiger partial charge in [0.2, 0.25) is 10.0 Å². The van der Waals surface area contributed by atoms with Gasteiger partial charge in [0.25, 0.3) is 0 Å². The lowest BCUT2D eigenvalue weighted by molar-refractivity contribution is -0.134. The maximum Gasteiger partial charge on any atom is 0.320 e. The highest BCUT2D eigenvalue weighted by Gasteiger charge is 2.19. The van der Waals surface area contributed by atoms with Gasteiger partial charge in [-0.1, -0.05) is 6.07 Å². The van der Waals surface area contributed by atoms with Crippen molar-refractivity contribution in [2.45, 2.75) is 13.0 Å². The Labute approximate surface area is 93.4 Å². The van der Waals surface area contributed by atoms with Crippen LogP contribution in [0.15, 0.2) is 24.5 Å². The van der Waals surface area contributed by atoms with Crippen LogP contribution in [0.4, 0.5) is 0 Å². The van der Waals surface area contributed by atoms with E-state index in [2.05, 4.69) is 9.71 Å². The molecular formula is C9H12N2O4S. The van der Waals surface area contributed by atoms with Crippen molar-refractivity contribution in [3.05, 3.63) is 30.1 Å². The van der Waals surface area contributed by atoms with Gasteiger partial charge < -0.3 is 5.11 Å². The molecule has 0 fully saturated rings. The Morgan fingerprint density at radius 3 is 2.81 bits per heavy atom. The van der Waals surface area contributed by atoms with Gasteiger partial charge in [0, 0.05) is 18.4 Å². The summed E-state index contributed by atoms with van der Waals surface area (Å²) in [4.78, 5) is 14.1. The van der Waals surface area contributed by atoms with Crippen LogP contribution in [0.3, 0.4) is 0 Å². The SMILES string of the molecule is CC(NS(=O)(=O)CC(=O)O)c1cccnc1. The number of carboxylic acid groups (broad SMARTS) is 1. The van der Waals surface area contributed by atoms with Crippen LogP contribution in [-0.4, -0.2) is 30.2 Å². The van der Waals surface area contributed by atoms with Crippen LogP contribution < -0.4 is 4.72 Å². The molecule has 0 bridgehead atoms. The minimum atomic E-state index is -3.81. The number of hydrogen-bond donors (Lipinski definition) is 2. The summed E-state index contributed by atoms with van der Waals surface area (Å²) in [5, 5.41) is 8.40. The van der Waals surface area contributed by atoms with E-state index >= 15 is 0 Å². The first-order chi connectivity index (χ1) is 7.41. The number of carboxylic acids is 1. The van der Waals surface area contributed by atoms with Crippen molar-refractivity contribution >= 4 is 16.0 Å². The average Bonchev–Trinajstić information content (AvgIpc) is 2.16. The van der Waals surface area contributed by atoms with Gasteiger partial charge in [-0.3, -0.25) is 9.78 Å². The quantitative estimate of drug-likeness (QED) is 0.768. The number of nitrogens with one attached hydrogen (secondary N) is 1. The number of carbonyl (C=O) groups is 1. The Bertz CT molecular complexity index is 458. The van der Waals surface area contributed by atoms with Gasteiger partial charge in [0.15, 0.2) is 5.75 Å². The van der Waals surface area contributed by atoms with Gasteiger partial charge >= 0.3 is 5.97 Å². The van der Waals surface area contributed by atoms with Crippen LogP contribution in [0, 0.1) is 0 Å². The van der Waals surface area contributed by atoms with E-state index in [0.29, 0.717) is 5.56 Å². The number of pyridine rings is 1. The molecule has 0 aliphatic rings. The third kappa shape index (κ3) is 3.95. The molecule has 1 heterocycles. The van der Waals surface area contributed by atoms with Gasteiger partial charge in [0.05, 0.1) is 0 Å². The van der Waals surface area contributed by atoms with Crippen molar-refractivity contribution in [2.24, 2.45) is 0 Å². The first kappa shape index (κ1) is 12.6. The summed E-state index contributed by atoms with van der Waals surface area (Å²) in [5.41, 5.74) is 0.677. The molecular weight excluding hydrogens is 232 g/mol. The second-order valence-electron chi connectivity index (χ2n) is 3.28. The zero-order valence-corrected chi connectivity index (χ0v) is 9.44. The summed E-state index contributed by atoms with van der Waals surface area (Å²) in [7, 11) is -3.81. The molecule has 16 heavy (non-hydrogen) atoms. The fraction of sp³-hybridized carbons (Fsp3) is 0.333. The normalized spacial score (nSPS) is 13.3. The van der Waals surface area contributed by atoms with E-state index in [1.54, 1.807) is 25.3 Å². The Hall–Kier alpha value is -1.47. The highest BCUT2D eigenvalue weighted by Crippen LogP contribution is 2.10. The van der Waals surface area contributed by atoms with E-state index in [4.69, 9.17) is 5.11 Å². The standard InChI is InChI=1S/C9H12N2O4S/c1-7(8-3-2-4-10-5-8)11-16(14,15)6-9(12)13/h2-5,7,11H,6H2,1H3,(H,12,13). The fourth-order valence-electron chi connectivity index (χ4n) is 1.17. The van der Waals surface area contributed by atoms with Gasteiger partial charge in [-0.2, -0.15) is 0 Å². The molecule has 1 atom stereocenters. The lowest BCUT2D eigenvalue weighted by atomic mass is 10.2. The topological polar surface area (TPSA) is 96.4 Å². The molecule has 6 nitrogen and oxygen atoms in total. The Kier molecular flexibility index (Phi) is 3.97. The highest BCUT2D eigenvalue weighted by molar-refractivity contribution is 7.90. The monoisotopic (exact) mass is 244 g/mol. The summed E-state index contributed by atoms with van der Waals surface area (Å²) in [6, 6.07) is 2.89. The largest absolute Gasteiger partial charge is 0.480 e. The van der Waals surface area contributed by atoms with E-state index in [0.717, 1.165) is 0 Å². The van der Waals surface area contributed by atoms with Crippen LogP contribution >= 0.6 is 0 Å². The van der Waals surface area contributed by atoms with Gasteiger partial charge in [-0.15, -0.1) is 0 Å². The van der Waals surface area contributed by atoms with E-state index < -0.39 is 27.8 Å². The minimum Gasteiger partial charge on any atom is -0.480 e. The number of aliphatic carboxylic acids is 1. The molecule has 0 aliphatic carbocycles. The van der Waals surface area contributed by atoms with Crippen molar-refractivity contribution < 1.29 is 18.3 Å². The molecule has 1 unspecified atom stereocenters. The predicted octanol–water partition coefficient (Wildman–Crippen LogP) is 0.147. The van der Waals surface area contributed by atoms with E-state index in [1.807, 2.05) is 0 Å². The van der Waals surface area contributed by atoms with Crippen molar-refractivity contribution in [3.63, 3.8) is 0 Å². The smallest absolute Gasteiger partial charge is 0.320 e. The first-order valence-electron chi connectivity index (χ1n) is 4.52. The number of sulfonamides is 1. The number of aromatic nitrogens is 1. The maximum absolute atomic E-state index is 11.3. The zero-order chi connectivity index (χ0) is 12.2. The Balaban J connectivity index is 2.72. The summed E-state index contributed by atoms with van der Waals surface area (Å²) >= 11 is 0. The Morgan fingerprint density at radius 1 is 1.62 bits per heavy atom. The van der Waals surface area contributed by atoms with Crippen LogP contribution in [0.2, 0.25) is 0 Å². The van der Waals surface area contributed by atoms with Crippen molar-refractivity contribution in [2.75, 3.05) is 5.75 Å². The van der Waals surface area contributed by atoms with Crippen LogP contribution in [0.1, 0.15) is 18.5 Å². The number of hydrogen-bond acceptors (Lipinski definition) is 4. The van der Waals surface area contributed by atoms with E-state index in [9.17, 15) is 13.2 Å². The van der Waals surface area contributed by atoms with E-state index in [-0.39, 0.29) is 0 Å². The van der Waals surface area contributed by atoms with Crippen LogP contribution in [0.5, 0.6) is 0 Å². The summed E-state index contributed by atoms with van der Waals surface area (Å²) < 4.78 is 24.9. The second kappa shape index (κ2) is 5.04. The molecule has 0 amide bonds. The van der Waals surface area contributed by atoms with Crippen LogP contribution in [-0.2, 0) is 14.8 Å². The summed E-state index contributed by atoms with van der Waals surface area (Å²) in [6.45, 7) is 1.62. The van der Waals surface area contributed by atoms with Crippen LogP contribution in [0.25, 0.3) is 0 Å².